The molecule has 2 amide bonds. The van der Waals surface area contributed by atoms with Crippen LogP contribution in [0, 0.1) is 5.92 Å². The van der Waals surface area contributed by atoms with Crippen molar-refractivity contribution in [2.75, 3.05) is 20.2 Å². The molecule has 1 N–H and O–H groups in total. The number of nitrogens with zero attached hydrogens (tertiary/aromatic N) is 2. The molecule has 0 atom stereocenters. The van der Waals surface area contributed by atoms with Gasteiger partial charge in [-0.15, -0.1) is 0 Å². The van der Waals surface area contributed by atoms with Crippen LogP contribution < -0.4 is 10.2 Å². The molecule has 0 aromatic heterocycles. The molecule has 22 heavy (non-hydrogen) atoms. The zero-order chi connectivity index (χ0) is 15.9. The fraction of sp³-hybridized carbons (Fsp3) is 0.438. The van der Waals surface area contributed by atoms with Crippen LogP contribution in [0.2, 0.25) is 0 Å². The zero-order valence-corrected chi connectivity index (χ0v) is 12.9. The predicted octanol–water partition coefficient (Wildman–Crippen LogP) is 1.40. The van der Waals surface area contributed by atoms with Crippen molar-refractivity contribution in [2.24, 2.45) is 11.0 Å². The number of carbonyl (C=O) groups excluding carboxylic acids is 2. The van der Waals surface area contributed by atoms with Crippen LogP contribution in [0.25, 0.3) is 0 Å². The number of para-hydroxylation sites is 1. The Morgan fingerprint density at radius 2 is 2.00 bits per heavy atom. The Morgan fingerprint density at radius 1 is 1.32 bits per heavy atom. The quantitative estimate of drug-likeness (QED) is 0.521. The Hall–Kier alpha value is -2.37. The van der Waals surface area contributed by atoms with Crippen molar-refractivity contribution < 1.29 is 14.3 Å². The largest absolute Gasteiger partial charge is 0.496 e. The van der Waals surface area contributed by atoms with Gasteiger partial charge < -0.3 is 9.64 Å². The van der Waals surface area contributed by atoms with Gasteiger partial charge in [0.15, 0.2) is 0 Å². The highest BCUT2D eigenvalue weighted by atomic mass is 16.5. The number of methoxy groups -OCH3 is 1. The van der Waals surface area contributed by atoms with Gasteiger partial charge in [-0.2, -0.15) is 5.10 Å². The first-order valence-electron chi connectivity index (χ1n) is 7.37. The Balaban J connectivity index is 1.89. The molecule has 2 rings (SSSR count). The molecular formula is C16H21N3O3. The first-order chi connectivity index (χ1) is 10.6. The maximum absolute atomic E-state index is 12.0. The molecule has 6 nitrogen and oxygen atoms in total. The van der Waals surface area contributed by atoms with Crippen LogP contribution in [0.15, 0.2) is 29.4 Å². The minimum absolute atomic E-state index is 0.524. The zero-order valence-electron chi connectivity index (χ0n) is 12.9. The average Bonchev–Trinajstić information content (AvgIpc) is 2.55. The van der Waals surface area contributed by atoms with Gasteiger partial charge >= 0.3 is 11.8 Å². The standard InChI is InChI=1S/C16H21N3O3/c1-12-7-9-19(10-8-12)16(21)15(20)18-17-11-13-5-3-4-6-14(13)22-2/h3-6,11-12H,7-10H2,1-2H3,(H,18,20)/b17-11-. The van der Waals surface area contributed by atoms with Gasteiger partial charge in [0.25, 0.3) is 0 Å². The van der Waals surface area contributed by atoms with Crippen molar-refractivity contribution in [3.05, 3.63) is 29.8 Å². The number of hydrazone groups is 1. The molecule has 0 aliphatic carbocycles. The van der Waals surface area contributed by atoms with Crippen LogP contribution in [0.3, 0.4) is 0 Å². The summed E-state index contributed by atoms with van der Waals surface area (Å²) in [7, 11) is 1.56. The predicted molar refractivity (Wildman–Crippen MR) is 83.7 cm³/mol. The molecule has 1 aliphatic rings. The first kappa shape index (κ1) is 16.0. The molecule has 1 fully saturated rings. The molecule has 0 saturated carbocycles. The highest BCUT2D eigenvalue weighted by molar-refractivity contribution is 6.35. The van der Waals surface area contributed by atoms with Crippen molar-refractivity contribution >= 4 is 18.0 Å². The second kappa shape index (κ2) is 7.59. The minimum Gasteiger partial charge on any atom is -0.496 e. The van der Waals surface area contributed by atoms with E-state index in [-0.39, 0.29) is 0 Å². The Labute approximate surface area is 130 Å². The summed E-state index contributed by atoms with van der Waals surface area (Å²) in [5, 5.41) is 3.83. The lowest BCUT2D eigenvalue weighted by Crippen LogP contribution is -2.45. The summed E-state index contributed by atoms with van der Waals surface area (Å²) < 4.78 is 5.18. The number of carbonyl (C=O) groups is 2. The Kier molecular flexibility index (Phi) is 5.52. The number of likely N-dealkylation sites (tertiary alicyclic amines) is 1. The van der Waals surface area contributed by atoms with Gasteiger partial charge in [-0.1, -0.05) is 19.1 Å². The van der Waals surface area contributed by atoms with E-state index in [0.29, 0.717) is 24.8 Å². The Morgan fingerprint density at radius 3 is 2.68 bits per heavy atom. The number of rotatable bonds is 3. The van der Waals surface area contributed by atoms with E-state index in [1.807, 2.05) is 18.2 Å². The number of hydrogen-bond acceptors (Lipinski definition) is 4. The summed E-state index contributed by atoms with van der Waals surface area (Å²) in [6.45, 7) is 3.41. The molecule has 0 spiro atoms. The highest BCUT2D eigenvalue weighted by Gasteiger charge is 2.25. The Bertz CT molecular complexity index is 564. The van der Waals surface area contributed by atoms with Crippen LogP contribution in [0.1, 0.15) is 25.3 Å². The summed E-state index contributed by atoms with van der Waals surface area (Å²) in [5.41, 5.74) is 3.00. The molecule has 0 unspecified atom stereocenters. The molecule has 1 aliphatic heterocycles. The van der Waals surface area contributed by atoms with Crippen LogP contribution in [0.4, 0.5) is 0 Å². The normalized spacial score (nSPS) is 15.8. The van der Waals surface area contributed by atoms with E-state index in [1.54, 1.807) is 18.1 Å². The molecule has 0 bridgehead atoms. The summed E-state index contributed by atoms with van der Waals surface area (Å²) in [5.74, 6) is 0.0253. The molecule has 0 radical (unpaired) electrons. The van der Waals surface area contributed by atoms with Crippen LogP contribution >= 0.6 is 0 Å². The van der Waals surface area contributed by atoms with E-state index < -0.39 is 11.8 Å². The van der Waals surface area contributed by atoms with Crippen LogP contribution in [-0.4, -0.2) is 43.1 Å². The summed E-state index contributed by atoms with van der Waals surface area (Å²) >= 11 is 0. The molecule has 1 saturated heterocycles. The van der Waals surface area contributed by atoms with Gasteiger partial charge in [0.2, 0.25) is 0 Å². The lowest BCUT2D eigenvalue weighted by atomic mass is 9.99. The molecule has 1 heterocycles. The lowest BCUT2D eigenvalue weighted by Gasteiger charge is -2.29. The number of nitrogens with one attached hydrogen (secondary N) is 1. The minimum atomic E-state index is -0.708. The summed E-state index contributed by atoms with van der Waals surface area (Å²) in [6, 6.07) is 7.28. The van der Waals surface area contributed by atoms with E-state index in [4.69, 9.17) is 4.74 Å². The van der Waals surface area contributed by atoms with E-state index in [0.717, 1.165) is 18.4 Å². The van der Waals surface area contributed by atoms with Gasteiger partial charge in [0, 0.05) is 18.7 Å². The maximum Gasteiger partial charge on any atom is 0.329 e. The van der Waals surface area contributed by atoms with Crippen molar-refractivity contribution in [3.8, 4) is 5.75 Å². The smallest absolute Gasteiger partial charge is 0.329 e. The summed E-state index contributed by atoms with van der Waals surface area (Å²) in [4.78, 5) is 25.4. The molecule has 6 heteroatoms. The van der Waals surface area contributed by atoms with Crippen molar-refractivity contribution in [3.63, 3.8) is 0 Å². The van der Waals surface area contributed by atoms with Crippen LogP contribution in [-0.2, 0) is 9.59 Å². The lowest BCUT2D eigenvalue weighted by molar-refractivity contribution is -0.146. The maximum atomic E-state index is 12.0. The number of benzene rings is 1. The third-order valence-electron chi connectivity index (χ3n) is 3.77. The van der Waals surface area contributed by atoms with E-state index in [1.165, 1.54) is 6.21 Å². The average molecular weight is 303 g/mol. The van der Waals surface area contributed by atoms with Crippen molar-refractivity contribution in [2.45, 2.75) is 19.8 Å². The highest BCUT2D eigenvalue weighted by Crippen LogP contribution is 2.16. The van der Waals surface area contributed by atoms with Gasteiger partial charge in [0.05, 0.1) is 13.3 Å². The number of hydrogen-bond donors (Lipinski definition) is 1. The number of amides is 2. The second-order valence-electron chi connectivity index (χ2n) is 5.42. The van der Waals surface area contributed by atoms with Gasteiger partial charge in [0.1, 0.15) is 5.75 Å². The van der Waals surface area contributed by atoms with Gasteiger partial charge in [-0.3, -0.25) is 9.59 Å². The van der Waals surface area contributed by atoms with Crippen LogP contribution in [0.5, 0.6) is 5.75 Å². The number of ether oxygens (including phenoxy) is 1. The topological polar surface area (TPSA) is 71.0 Å². The number of piperidine rings is 1. The van der Waals surface area contributed by atoms with Crippen molar-refractivity contribution in [1.82, 2.24) is 10.3 Å². The third-order valence-corrected chi connectivity index (χ3v) is 3.77. The third kappa shape index (κ3) is 4.07. The molecule has 1 aromatic carbocycles. The van der Waals surface area contributed by atoms with Gasteiger partial charge in [-0.25, -0.2) is 5.43 Å². The van der Waals surface area contributed by atoms with Gasteiger partial charge in [-0.05, 0) is 30.9 Å². The van der Waals surface area contributed by atoms with Crippen molar-refractivity contribution in [1.29, 1.82) is 0 Å². The molecule has 1 aromatic rings. The second-order valence-corrected chi connectivity index (χ2v) is 5.42. The van der Waals surface area contributed by atoms with E-state index >= 15 is 0 Å². The van der Waals surface area contributed by atoms with E-state index in [9.17, 15) is 9.59 Å². The fourth-order valence-corrected chi connectivity index (χ4v) is 2.34. The summed E-state index contributed by atoms with van der Waals surface area (Å²) in [6.07, 6.45) is 3.33. The molecular weight excluding hydrogens is 282 g/mol. The van der Waals surface area contributed by atoms with E-state index in [2.05, 4.69) is 17.5 Å². The first-order valence-corrected chi connectivity index (χ1v) is 7.37. The SMILES string of the molecule is COc1ccccc1/C=N\NC(=O)C(=O)N1CCC(C)CC1. The monoisotopic (exact) mass is 303 g/mol. The fourth-order valence-electron chi connectivity index (χ4n) is 2.34. The molecule has 118 valence electrons.